The molecule has 0 bridgehead atoms. The number of anilines is 1. The van der Waals surface area contributed by atoms with Crippen molar-refractivity contribution in [2.24, 2.45) is 0 Å². The standard InChI is InChI=1S/C13H14N4O/c1-14-13(18)11-3-2-6-16-12(11)17-9-10-4-7-15-8-5-10/h2-8H,9H2,1H3,(H,14,18)(H,16,17). The van der Waals surface area contributed by atoms with E-state index in [1.807, 2.05) is 12.1 Å². The highest BCUT2D eigenvalue weighted by atomic mass is 16.1. The number of amides is 1. The Morgan fingerprint density at radius 1 is 1.22 bits per heavy atom. The second-order valence-electron chi connectivity index (χ2n) is 3.69. The van der Waals surface area contributed by atoms with Crippen LogP contribution in [0.3, 0.4) is 0 Å². The quantitative estimate of drug-likeness (QED) is 0.851. The van der Waals surface area contributed by atoms with Gasteiger partial charge in [0.2, 0.25) is 0 Å². The van der Waals surface area contributed by atoms with Crippen LogP contribution in [0.15, 0.2) is 42.9 Å². The van der Waals surface area contributed by atoms with Crippen LogP contribution in [-0.2, 0) is 6.54 Å². The number of carbonyl (C=O) groups is 1. The van der Waals surface area contributed by atoms with E-state index in [1.54, 1.807) is 37.8 Å². The van der Waals surface area contributed by atoms with Crippen LogP contribution in [0.5, 0.6) is 0 Å². The summed E-state index contributed by atoms with van der Waals surface area (Å²) < 4.78 is 0. The Bertz CT molecular complexity index is 528. The third kappa shape index (κ3) is 2.82. The number of carbonyl (C=O) groups excluding carboxylic acids is 1. The average molecular weight is 242 g/mol. The molecule has 2 N–H and O–H groups in total. The smallest absolute Gasteiger partial charge is 0.254 e. The van der Waals surface area contributed by atoms with Gasteiger partial charge in [0.15, 0.2) is 0 Å². The Balaban J connectivity index is 2.12. The lowest BCUT2D eigenvalue weighted by atomic mass is 10.2. The molecule has 0 spiro atoms. The molecule has 0 aromatic carbocycles. The van der Waals surface area contributed by atoms with Gasteiger partial charge in [-0.3, -0.25) is 9.78 Å². The largest absolute Gasteiger partial charge is 0.365 e. The number of nitrogens with one attached hydrogen (secondary N) is 2. The molecule has 0 aliphatic carbocycles. The molecule has 0 aliphatic heterocycles. The fourth-order valence-corrected chi connectivity index (χ4v) is 1.55. The maximum absolute atomic E-state index is 11.6. The van der Waals surface area contributed by atoms with E-state index in [4.69, 9.17) is 0 Å². The second kappa shape index (κ2) is 5.77. The molecule has 0 fully saturated rings. The fourth-order valence-electron chi connectivity index (χ4n) is 1.55. The lowest BCUT2D eigenvalue weighted by molar-refractivity contribution is 0.0963. The molecule has 0 saturated heterocycles. The molecule has 2 rings (SSSR count). The zero-order valence-electron chi connectivity index (χ0n) is 10.1. The number of nitrogens with zero attached hydrogens (tertiary/aromatic N) is 2. The van der Waals surface area contributed by atoms with Gasteiger partial charge < -0.3 is 10.6 Å². The molecule has 18 heavy (non-hydrogen) atoms. The van der Waals surface area contributed by atoms with Crippen molar-refractivity contribution in [3.05, 3.63) is 54.0 Å². The van der Waals surface area contributed by atoms with Crippen LogP contribution in [0, 0.1) is 0 Å². The van der Waals surface area contributed by atoms with Crippen LogP contribution in [-0.4, -0.2) is 22.9 Å². The van der Waals surface area contributed by atoms with Gasteiger partial charge in [-0.05, 0) is 29.8 Å². The van der Waals surface area contributed by atoms with Gasteiger partial charge in [-0.2, -0.15) is 0 Å². The average Bonchev–Trinajstić information content (AvgIpc) is 2.45. The molecule has 0 saturated carbocycles. The fraction of sp³-hybridized carbons (Fsp3) is 0.154. The number of aromatic nitrogens is 2. The van der Waals surface area contributed by atoms with E-state index in [2.05, 4.69) is 20.6 Å². The van der Waals surface area contributed by atoms with Gasteiger partial charge in [0.1, 0.15) is 5.82 Å². The highest BCUT2D eigenvalue weighted by molar-refractivity contribution is 5.98. The molecular formula is C13H14N4O. The minimum absolute atomic E-state index is 0.152. The Labute approximate surface area is 105 Å². The maximum atomic E-state index is 11.6. The summed E-state index contributed by atoms with van der Waals surface area (Å²) in [7, 11) is 1.60. The van der Waals surface area contributed by atoms with E-state index in [0.29, 0.717) is 17.9 Å². The van der Waals surface area contributed by atoms with Crippen molar-refractivity contribution in [1.29, 1.82) is 0 Å². The topological polar surface area (TPSA) is 66.9 Å². The van der Waals surface area contributed by atoms with E-state index in [0.717, 1.165) is 5.56 Å². The summed E-state index contributed by atoms with van der Waals surface area (Å²) in [5, 5.41) is 5.74. The van der Waals surface area contributed by atoms with Crippen molar-refractivity contribution in [3.8, 4) is 0 Å². The van der Waals surface area contributed by atoms with Gasteiger partial charge in [-0.25, -0.2) is 4.98 Å². The van der Waals surface area contributed by atoms with E-state index < -0.39 is 0 Å². The minimum atomic E-state index is -0.152. The monoisotopic (exact) mass is 242 g/mol. The minimum Gasteiger partial charge on any atom is -0.365 e. The third-order valence-electron chi connectivity index (χ3n) is 2.49. The molecule has 92 valence electrons. The molecule has 0 atom stereocenters. The van der Waals surface area contributed by atoms with E-state index in [9.17, 15) is 4.79 Å². The van der Waals surface area contributed by atoms with Crippen LogP contribution in [0.4, 0.5) is 5.82 Å². The molecule has 1 amide bonds. The van der Waals surface area contributed by atoms with Gasteiger partial charge in [0.05, 0.1) is 5.56 Å². The molecule has 2 aromatic rings. The van der Waals surface area contributed by atoms with Crippen LogP contribution in [0.1, 0.15) is 15.9 Å². The van der Waals surface area contributed by atoms with Crippen molar-refractivity contribution in [2.75, 3.05) is 12.4 Å². The lowest BCUT2D eigenvalue weighted by Crippen LogP contribution is -2.20. The van der Waals surface area contributed by atoms with E-state index >= 15 is 0 Å². The molecule has 0 aliphatic rings. The van der Waals surface area contributed by atoms with Crippen LogP contribution >= 0.6 is 0 Å². The predicted octanol–water partition coefficient (Wildman–Crippen LogP) is 1.45. The van der Waals surface area contributed by atoms with Crippen LogP contribution < -0.4 is 10.6 Å². The highest BCUT2D eigenvalue weighted by Gasteiger charge is 2.09. The molecule has 0 unspecified atom stereocenters. The normalized spacial score (nSPS) is 9.83. The van der Waals surface area contributed by atoms with Crippen molar-refractivity contribution in [2.45, 2.75) is 6.54 Å². The summed E-state index contributed by atoms with van der Waals surface area (Å²) in [5.41, 5.74) is 1.62. The molecular weight excluding hydrogens is 228 g/mol. The van der Waals surface area contributed by atoms with Crippen molar-refractivity contribution < 1.29 is 4.79 Å². The van der Waals surface area contributed by atoms with Crippen LogP contribution in [0.2, 0.25) is 0 Å². The van der Waals surface area contributed by atoms with Crippen molar-refractivity contribution in [3.63, 3.8) is 0 Å². The Kier molecular flexibility index (Phi) is 3.86. The number of pyridine rings is 2. The summed E-state index contributed by atoms with van der Waals surface area (Å²) >= 11 is 0. The lowest BCUT2D eigenvalue weighted by Gasteiger charge is -2.09. The highest BCUT2D eigenvalue weighted by Crippen LogP contribution is 2.12. The summed E-state index contributed by atoms with van der Waals surface area (Å²) in [6.45, 7) is 0.601. The molecule has 5 nitrogen and oxygen atoms in total. The summed E-state index contributed by atoms with van der Waals surface area (Å²) in [5.74, 6) is 0.425. The van der Waals surface area contributed by atoms with Gasteiger partial charge in [0.25, 0.3) is 5.91 Å². The van der Waals surface area contributed by atoms with Crippen molar-refractivity contribution in [1.82, 2.24) is 15.3 Å². The Morgan fingerprint density at radius 3 is 2.72 bits per heavy atom. The zero-order valence-corrected chi connectivity index (χ0v) is 10.1. The summed E-state index contributed by atoms with van der Waals surface area (Å²) in [4.78, 5) is 19.8. The van der Waals surface area contributed by atoms with Crippen LogP contribution in [0.25, 0.3) is 0 Å². The number of hydrogen-bond donors (Lipinski definition) is 2. The summed E-state index contributed by atoms with van der Waals surface area (Å²) in [6, 6.07) is 7.30. The van der Waals surface area contributed by atoms with E-state index in [-0.39, 0.29) is 5.91 Å². The van der Waals surface area contributed by atoms with Gasteiger partial charge in [-0.15, -0.1) is 0 Å². The number of rotatable bonds is 4. The van der Waals surface area contributed by atoms with Gasteiger partial charge >= 0.3 is 0 Å². The first-order valence-electron chi connectivity index (χ1n) is 5.61. The molecule has 2 aromatic heterocycles. The van der Waals surface area contributed by atoms with Gasteiger partial charge in [-0.1, -0.05) is 0 Å². The first kappa shape index (κ1) is 12.0. The third-order valence-corrected chi connectivity index (χ3v) is 2.49. The predicted molar refractivity (Wildman–Crippen MR) is 69.2 cm³/mol. The first-order valence-corrected chi connectivity index (χ1v) is 5.61. The second-order valence-corrected chi connectivity index (χ2v) is 3.69. The van der Waals surface area contributed by atoms with E-state index in [1.165, 1.54) is 0 Å². The number of hydrogen-bond acceptors (Lipinski definition) is 4. The Morgan fingerprint density at radius 2 is 2.00 bits per heavy atom. The summed E-state index contributed by atoms with van der Waals surface area (Å²) in [6.07, 6.45) is 5.12. The SMILES string of the molecule is CNC(=O)c1cccnc1NCc1ccncc1. The van der Waals surface area contributed by atoms with Crippen molar-refractivity contribution >= 4 is 11.7 Å². The van der Waals surface area contributed by atoms with Gasteiger partial charge in [0, 0.05) is 32.2 Å². The maximum Gasteiger partial charge on any atom is 0.254 e. The Hall–Kier alpha value is -2.43. The molecule has 0 radical (unpaired) electrons. The first-order chi connectivity index (χ1) is 8.81. The zero-order chi connectivity index (χ0) is 12.8. The molecule has 5 heteroatoms. The molecule has 2 heterocycles.